The van der Waals surface area contributed by atoms with Crippen molar-refractivity contribution in [2.24, 2.45) is 0 Å². The molecule has 1 aromatic heterocycles. The standard InChI is InChI=1S/C30H34N4O4S/c1-36-28-20-27-26(19-29(28)37-16-6-5-13-34-14-17-39(35)18-15-34)30(32-22-31-27)33-24-9-11-25(12-10-24)38-21-23-7-3-2-4-8-23/h2-4,7-12,19-20,22H,5-6,13-18,21H2,1H3,(H,31,32,33). The van der Waals surface area contributed by atoms with Gasteiger partial charge in [0.25, 0.3) is 0 Å². The second-order valence-corrected chi connectivity index (χ2v) is 11.1. The number of benzene rings is 3. The van der Waals surface area contributed by atoms with Crippen LogP contribution in [0.3, 0.4) is 0 Å². The minimum Gasteiger partial charge on any atom is -0.616 e. The Morgan fingerprint density at radius 2 is 1.72 bits per heavy atom. The number of nitrogens with zero attached hydrogens (tertiary/aromatic N) is 3. The summed E-state index contributed by atoms with van der Waals surface area (Å²) in [4.78, 5) is 11.3. The van der Waals surface area contributed by atoms with Crippen LogP contribution in [0.4, 0.5) is 11.5 Å². The molecule has 9 heteroatoms. The molecule has 8 nitrogen and oxygen atoms in total. The Balaban J connectivity index is 1.20. The molecule has 0 aliphatic carbocycles. The molecule has 1 aliphatic rings. The molecule has 204 valence electrons. The molecule has 39 heavy (non-hydrogen) atoms. The first-order valence-corrected chi connectivity index (χ1v) is 14.7. The van der Waals surface area contributed by atoms with Crippen LogP contribution in [0.5, 0.6) is 17.2 Å². The van der Waals surface area contributed by atoms with Crippen LogP contribution in [0.1, 0.15) is 18.4 Å². The fourth-order valence-electron chi connectivity index (χ4n) is 4.47. The number of ether oxygens (including phenoxy) is 3. The SMILES string of the molecule is COc1cc2ncnc(Nc3ccc(OCc4ccccc4)cc3)c2cc1OCCCCN1CC[S+]([O-])CC1. The zero-order chi connectivity index (χ0) is 26.9. The highest BCUT2D eigenvalue weighted by Gasteiger charge is 2.18. The molecule has 1 aliphatic heterocycles. The number of fused-ring (bicyclic) bond motifs is 1. The minimum atomic E-state index is -0.636. The second-order valence-electron chi connectivity index (χ2n) is 9.41. The highest BCUT2D eigenvalue weighted by molar-refractivity contribution is 7.91. The Morgan fingerprint density at radius 3 is 2.49 bits per heavy atom. The first-order chi connectivity index (χ1) is 19.2. The van der Waals surface area contributed by atoms with Gasteiger partial charge in [0.1, 0.15) is 36.0 Å². The van der Waals surface area contributed by atoms with E-state index < -0.39 is 11.2 Å². The van der Waals surface area contributed by atoms with Gasteiger partial charge in [-0.3, -0.25) is 4.90 Å². The van der Waals surface area contributed by atoms with E-state index in [0.717, 1.165) is 71.9 Å². The maximum Gasteiger partial charge on any atom is 0.162 e. The summed E-state index contributed by atoms with van der Waals surface area (Å²) in [5.74, 6) is 4.37. The number of anilines is 2. The topological polar surface area (TPSA) is 91.8 Å². The summed E-state index contributed by atoms with van der Waals surface area (Å²) < 4.78 is 29.2. The van der Waals surface area contributed by atoms with Crippen LogP contribution in [0, 0.1) is 0 Å². The summed E-state index contributed by atoms with van der Waals surface area (Å²) in [7, 11) is 1.64. The van der Waals surface area contributed by atoms with Gasteiger partial charge < -0.3 is 24.1 Å². The highest BCUT2D eigenvalue weighted by atomic mass is 32.2. The molecule has 2 heterocycles. The smallest absolute Gasteiger partial charge is 0.162 e. The molecule has 1 N–H and O–H groups in total. The second kappa shape index (κ2) is 13.5. The summed E-state index contributed by atoms with van der Waals surface area (Å²) in [6.45, 7) is 3.96. The number of aromatic nitrogens is 2. The minimum absolute atomic E-state index is 0.523. The first kappa shape index (κ1) is 27.1. The van der Waals surface area contributed by atoms with E-state index in [-0.39, 0.29) is 0 Å². The van der Waals surface area contributed by atoms with Gasteiger partial charge in [-0.25, -0.2) is 9.97 Å². The molecule has 4 aromatic rings. The molecular weight excluding hydrogens is 512 g/mol. The van der Waals surface area contributed by atoms with E-state index in [1.54, 1.807) is 7.11 Å². The Bertz CT molecular complexity index is 1330. The first-order valence-electron chi connectivity index (χ1n) is 13.2. The number of rotatable bonds is 12. The molecule has 0 spiro atoms. The van der Waals surface area contributed by atoms with E-state index in [0.29, 0.717) is 30.5 Å². The van der Waals surface area contributed by atoms with Gasteiger partial charge in [-0.15, -0.1) is 0 Å². The summed E-state index contributed by atoms with van der Waals surface area (Å²) in [6.07, 6.45) is 3.50. The summed E-state index contributed by atoms with van der Waals surface area (Å²) in [5.41, 5.74) is 2.78. The van der Waals surface area contributed by atoms with Crippen molar-refractivity contribution in [3.05, 3.63) is 78.6 Å². The molecule has 0 unspecified atom stereocenters. The van der Waals surface area contributed by atoms with Crippen LogP contribution in [0.15, 0.2) is 73.1 Å². The van der Waals surface area contributed by atoms with Crippen molar-refractivity contribution in [1.82, 2.24) is 14.9 Å². The van der Waals surface area contributed by atoms with Crippen molar-refractivity contribution in [3.8, 4) is 17.2 Å². The third-order valence-corrected chi connectivity index (χ3v) is 7.96. The van der Waals surface area contributed by atoms with E-state index in [1.807, 2.05) is 66.7 Å². The van der Waals surface area contributed by atoms with Crippen LogP contribution in [-0.2, 0) is 17.8 Å². The van der Waals surface area contributed by atoms with Gasteiger partial charge in [0.2, 0.25) is 0 Å². The zero-order valence-electron chi connectivity index (χ0n) is 22.2. The predicted molar refractivity (Wildman–Crippen MR) is 156 cm³/mol. The van der Waals surface area contributed by atoms with Crippen molar-refractivity contribution in [1.29, 1.82) is 0 Å². The van der Waals surface area contributed by atoms with Crippen molar-refractivity contribution < 1.29 is 18.8 Å². The third kappa shape index (κ3) is 7.53. The molecule has 3 aromatic carbocycles. The van der Waals surface area contributed by atoms with Gasteiger partial charge in [0.05, 0.1) is 19.2 Å². The van der Waals surface area contributed by atoms with Crippen LogP contribution in [0.25, 0.3) is 10.9 Å². The molecular formula is C30H34N4O4S. The molecule has 0 saturated carbocycles. The lowest BCUT2D eigenvalue weighted by Crippen LogP contribution is -2.40. The lowest BCUT2D eigenvalue weighted by molar-refractivity contribution is 0.256. The lowest BCUT2D eigenvalue weighted by atomic mass is 10.2. The normalized spacial score (nSPS) is 14.3. The van der Waals surface area contributed by atoms with Gasteiger partial charge in [-0.05, 0) is 55.3 Å². The van der Waals surface area contributed by atoms with E-state index in [2.05, 4.69) is 20.2 Å². The lowest BCUT2D eigenvalue weighted by Gasteiger charge is -2.27. The van der Waals surface area contributed by atoms with Crippen LogP contribution in [0.2, 0.25) is 0 Å². The quantitative estimate of drug-likeness (QED) is 0.192. The average molecular weight is 547 g/mol. The molecule has 1 fully saturated rings. The van der Waals surface area contributed by atoms with Gasteiger partial charge in [0, 0.05) is 30.2 Å². The van der Waals surface area contributed by atoms with Crippen molar-refractivity contribution >= 4 is 33.6 Å². The van der Waals surface area contributed by atoms with Crippen LogP contribution in [-0.4, -0.2) is 64.3 Å². The van der Waals surface area contributed by atoms with Crippen molar-refractivity contribution in [2.45, 2.75) is 19.4 Å². The number of unbranched alkanes of at least 4 members (excludes halogenated alkanes) is 1. The Hall–Kier alpha value is -3.53. The van der Waals surface area contributed by atoms with Gasteiger partial charge in [-0.2, -0.15) is 0 Å². The molecule has 0 bridgehead atoms. The third-order valence-electron chi connectivity index (χ3n) is 6.68. The predicted octanol–water partition coefficient (Wildman–Crippen LogP) is 5.18. The average Bonchev–Trinajstić information content (AvgIpc) is 2.98. The highest BCUT2D eigenvalue weighted by Crippen LogP contribution is 2.35. The van der Waals surface area contributed by atoms with Gasteiger partial charge in [0.15, 0.2) is 11.5 Å². The zero-order valence-corrected chi connectivity index (χ0v) is 23.0. The van der Waals surface area contributed by atoms with Gasteiger partial charge >= 0.3 is 0 Å². The van der Waals surface area contributed by atoms with Crippen molar-refractivity contribution in [2.75, 3.05) is 50.2 Å². The van der Waals surface area contributed by atoms with Crippen molar-refractivity contribution in [3.63, 3.8) is 0 Å². The monoisotopic (exact) mass is 546 g/mol. The summed E-state index contributed by atoms with van der Waals surface area (Å²) in [6, 6.07) is 21.7. The Morgan fingerprint density at radius 1 is 0.923 bits per heavy atom. The fourth-order valence-corrected chi connectivity index (χ4v) is 5.59. The molecule has 0 atom stereocenters. The summed E-state index contributed by atoms with van der Waals surface area (Å²) in [5, 5.41) is 4.24. The number of nitrogens with one attached hydrogen (secondary N) is 1. The fraction of sp³-hybridized carbons (Fsp3) is 0.333. The largest absolute Gasteiger partial charge is 0.616 e. The molecule has 1 saturated heterocycles. The Kier molecular flexibility index (Phi) is 9.37. The van der Waals surface area contributed by atoms with Gasteiger partial charge in [-0.1, -0.05) is 41.5 Å². The number of hydrogen-bond donors (Lipinski definition) is 1. The number of hydrogen-bond acceptors (Lipinski definition) is 8. The summed E-state index contributed by atoms with van der Waals surface area (Å²) >= 11 is -0.636. The van der Waals surface area contributed by atoms with E-state index in [9.17, 15) is 4.55 Å². The van der Waals surface area contributed by atoms with E-state index in [1.165, 1.54) is 6.33 Å². The molecule has 0 amide bonds. The van der Waals surface area contributed by atoms with Crippen LogP contribution >= 0.6 is 0 Å². The van der Waals surface area contributed by atoms with Crippen LogP contribution < -0.4 is 19.5 Å². The maximum atomic E-state index is 11.5. The van der Waals surface area contributed by atoms with E-state index in [4.69, 9.17) is 14.2 Å². The Labute approximate surface area is 232 Å². The van der Waals surface area contributed by atoms with E-state index >= 15 is 0 Å². The molecule has 0 radical (unpaired) electrons. The number of methoxy groups -OCH3 is 1. The maximum absolute atomic E-state index is 11.5. The molecule has 5 rings (SSSR count).